The number of rotatable bonds is 2. The van der Waals surface area contributed by atoms with Crippen molar-refractivity contribution in [3.8, 4) is 0 Å². The molecular weight excluding hydrogens is 402 g/mol. The Labute approximate surface area is 197 Å². The minimum atomic E-state index is -0.0249. The monoisotopic (exact) mass is 437 g/mol. The largest absolute Gasteiger partial charge is 0.359 e. The van der Waals surface area contributed by atoms with Gasteiger partial charge in [-0.25, -0.2) is 0 Å². The molecule has 4 fully saturated rings. The van der Waals surface area contributed by atoms with Gasteiger partial charge >= 0.3 is 0 Å². The molecule has 0 unspecified atom stereocenters. The summed E-state index contributed by atoms with van der Waals surface area (Å²) in [6, 6.07) is 16.8. The van der Waals surface area contributed by atoms with Crippen LogP contribution in [0.25, 0.3) is 10.8 Å². The van der Waals surface area contributed by atoms with Crippen LogP contribution in [0.3, 0.4) is 0 Å². The second-order valence-corrected chi connectivity index (χ2v) is 12.2. The highest BCUT2D eigenvalue weighted by Crippen LogP contribution is 2.69. The zero-order valence-corrected chi connectivity index (χ0v) is 19.9. The molecule has 2 aromatic rings. The lowest BCUT2D eigenvalue weighted by atomic mass is 9.58. The van der Waals surface area contributed by atoms with Crippen LogP contribution in [-0.4, -0.2) is 35.2 Å². The second kappa shape index (κ2) is 6.40. The topological polar surface area (TPSA) is 12.2 Å². The van der Waals surface area contributed by atoms with Crippen LogP contribution in [0.2, 0.25) is 0 Å². The summed E-state index contributed by atoms with van der Waals surface area (Å²) in [6.07, 6.45) is 15.3. The highest BCUT2D eigenvalue weighted by molar-refractivity contribution is 5.83. The third-order valence-electron chi connectivity index (χ3n) is 10.8. The van der Waals surface area contributed by atoms with E-state index in [-0.39, 0.29) is 16.6 Å². The molecule has 170 valence electrons. The molecule has 3 aliphatic carbocycles. The molecule has 2 heteroatoms. The van der Waals surface area contributed by atoms with Gasteiger partial charge in [0.15, 0.2) is 0 Å². The zero-order chi connectivity index (χ0) is 21.8. The summed E-state index contributed by atoms with van der Waals surface area (Å²) in [5, 5.41) is 2.74. The van der Waals surface area contributed by atoms with Gasteiger partial charge in [0, 0.05) is 19.1 Å². The SMILES string of the molecule is C[C@]12CC=C3C=C4CC[C@H](N5CC5)C[C@]45CC[C@]3(O5)[C@@H]1CC[C@@H]2c1ccc2ccccc2c1. The van der Waals surface area contributed by atoms with Crippen LogP contribution >= 0.6 is 0 Å². The van der Waals surface area contributed by atoms with Crippen LogP contribution in [-0.2, 0) is 4.74 Å². The highest BCUT2D eigenvalue weighted by Gasteiger charge is 2.66. The van der Waals surface area contributed by atoms with Crippen LogP contribution in [0.4, 0.5) is 0 Å². The fraction of sp³-hybridized carbons (Fsp3) is 0.548. The summed E-state index contributed by atoms with van der Waals surface area (Å²) in [5.41, 5.74) is 5.04. The van der Waals surface area contributed by atoms with Crippen molar-refractivity contribution in [2.75, 3.05) is 13.1 Å². The van der Waals surface area contributed by atoms with Crippen molar-refractivity contribution in [3.63, 3.8) is 0 Å². The van der Waals surface area contributed by atoms with Crippen molar-refractivity contribution in [1.82, 2.24) is 4.90 Å². The van der Waals surface area contributed by atoms with Gasteiger partial charge in [-0.05, 0) is 96.1 Å². The number of hydrogen-bond acceptors (Lipinski definition) is 2. The van der Waals surface area contributed by atoms with Crippen molar-refractivity contribution in [1.29, 1.82) is 0 Å². The maximum Gasteiger partial charge on any atom is 0.0974 e. The average Bonchev–Trinajstić information content (AvgIpc) is 3.56. The van der Waals surface area contributed by atoms with E-state index in [0.717, 1.165) is 6.04 Å². The number of ether oxygens (including phenoxy) is 1. The summed E-state index contributed by atoms with van der Waals surface area (Å²) in [5.74, 6) is 1.27. The molecular formula is C31H35NO. The van der Waals surface area contributed by atoms with Crippen LogP contribution in [0.15, 0.2) is 65.8 Å². The normalized spacial score (nSPS) is 43.5. The van der Waals surface area contributed by atoms with Gasteiger partial charge in [-0.3, -0.25) is 4.90 Å². The Morgan fingerprint density at radius 3 is 2.73 bits per heavy atom. The molecule has 2 spiro atoms. The molecule has 0 N–H and O–H groups in total. The molecule has 2 aromatic carbocycles. The smallest absolute Gasteiger partial charge is 0.0974 e. The molecule has 2 bridgehead atoms. The predicted molar refractivity (Wildman–Crippen MR) is 133 cm³/mol. The van der Waals surface area contributed by atoms with Gasteiger partial charge < -0.3 is 4.74 Å². The number of allylic oxidation sites excluding steroid dienone is 1. The molecule has 0 aromatic heterocycles. The third-order valence-corrected chi connectivity index (χ3v) is 10.8. The second-order valence-electron chi connectivity index (χ2n) is 12.2. The first-order valence-corrected chi connectivity index (χ1v) is 13.4. The molecule has 3 heterocycles. The Morgan fingerprint density at radius 1 is 0.970 bits per heavy atom. The van der Waals surface area contributed by atoms with Crippen LogP contribution in [0.1, 0.15) is 69.8 Å². The van der Waals surface area contributed by atoms with E-state index < -0.39 is 0 Å². The predicted octanol–water partition coefficient (Wildman–Crippen LogP) is 6.77. The van der Waals surface area contributed by atoms with E-state index in [2.05, 4.69) is 66.4 Å². The van der Waals surface area contributed by atoms with E-state index in [0.29, 0.717) is 11.8 Å². The number of hydrogen-bond donors (Lipinski definition) is 0. The van der Waals surface area contributed by atoms with E-state index >= 15 is 0 Å². The van der Waals surface area contributed by atoms with Crippen LogP contribution in [0, 0.1) is 11.3 Å². The molecule has 0 radical (unpaired) electrons. The third kappa shape index (κ3) is 2.52. The van der Waals surface area contributed by atoms with E-state index in [1.165, 1.54) is 75.2 Å². The lowest BCUT2D eigenvalue weighted by Crippen LogP contribution is -2.54. The van der Waals surface area contributed by atoms with Gasteiger partial charge in [0.05, 0.1) is 11.2 Å². The standard InChI is InChI=1S/C31H35NO/c1-29-13-12-25-19-24-8-9-26(32-16-17-32)20-30(24)14-15-31(25,33-30)28(29)11-10-27(29)23-7-6-21-4-2-3-5-22(21)18-23/h2-7,12,18-19,26-28H,8-11,13-17,20H2,1H3/t26-,27+,28+,29+,30+,31+/m0/s1. The summed E-state index contributed by atoms with van der Waals surface area (Å²) < 4.78 is 7.46. The van der Waals surface area contributed by atoms with Crippen LogP contribution in [0.5, 0.6) is 0 Å². The Hall–Kier alpha value is -1.90. The number of fused-ring (bicyclic) bond motifs is 2. The Kier molecular flexibility index (Phi) is 3.77. The average molecular weight is 438 g/mol. The fourth-order valence-electron chi connectivity index (χ4n) is 9.09. The summed E-state index contributed by atoms with van der Waals surface area (Å²) in [4.78, 5) is 2.68. The van der Waals surface area contributed by atoms with Crippen molar-refractivity contribution < 1.29 is 4.74 Å². The highest BCUT2D eigenvalue weighted by atomic mass is 16.5. The van der Waals surface area contributed by atoms with Crippen molar-refractivity contribution in [3.05, 3.63) is 71.3 Å². The molecule has 8 rings (SSSR count). The molecule has 6 aliphatic rings. The van der Waals surface area contributed by atoms with Gasteiger partial charge in [-0.2, -0.15) is 0 Å². The molecule has 2 saturated heterocycles. The van der Waals surface area contributed by atoms with Crippen molar-refractivity contribution in [2.45, 2.75) is 81.5 Å². The summed E-state index contributed by atoms with van der Waals surface area (Å²) >= 11 is 0. The van der Waals surface area contributed by atoms with Gasteiger partial charge in [0.2, 0.25) is 0 Å². The van der Waals surface area contributed by atoms with Crippen molar-refractivity contribution in [2.24, 2.45) is 11.3 Å². The first-order valence-electron chi connectivity index (χ1n) is 13.4. The molecule has 3 aliphatic heterocycles. The first-order chi connectivity index (χ1) is 16.1. The minimum Gasteiger partial charge on any atom is -0.359 e. The number of nitrogens with zero attached hydrogens (tertiary/aromatic N) is 1. The maximum atomic E-state index is 7.46. The molecule has 2 nitrogen and oxygen atoms in total. The molecule has 2 saturated carbocycles. The van der Waals surface area contributed by atoms with E-state index in [9.17, 15) is 0 Å². The van der Waals surface area contributed by atoms with E-state index in [1.54, 1.807) is 16.7 Å². The van der Waals surface area contributed by atoms with Gasteiger partial charge in [0.1, 0.15) is 0 Å². The van der Waals surface area contributed by atoms with Gasteiger partial charge in [-0.1, -0.05) is 61.5 Å². The Bertz CT molecular complexity index is 1220. The van der Waals surface area contributed by atoms with E-state index in [4.69, 9.17) is 4.74 Å². The minimum absolute atomic E-state index is 0.0249. The van der Waals surface area contributed by atoms with Crippen LogP contribution < -0.4 is 0 Å². The molecule has 6 atom stereocenters. The number of benzene rings is 2. The zero-order valence-electron chi connectivity index (χ0n) is 19.9. The maximum absolute atomic E-state index is 7.46. The fourth-order valence-corrected chi connectivity index (χ4v) is 9.09. The van der Waals surface area contributed by atoms with Gasteiger partial charge in [0.25, 0.3) is 0 Å². The van der Waals surface area contributed by atoms with Gasteiger partial charge in [-0.15, -0.1) is 0 Å². The quantitative estimate of drug-likeness (QED) is 0.481. The lowest BCUT2D eigenvalue weighted by Gasteiger charge is -2.54. The summed E-state index contributed by atoms with van der Waals surface area (Å²) in [6.45, 7) is 5.22. The lowest BCUT2D eigenvalue weighted by molar-refractivity contribution is -0.138. The molecule has 33 heavy (non-hydrogen) atoms. The Balaban J connectivity index is 1.18. The molecule has 0 amide bonds. The first kappa shape index (κ1) is 19.4. The Morgan fingerprint density at radius 2 is 1.85 bits per heavy atom. The summed E-state index contributed by atoms with van der Waals surface area (Å²) in [7, 11) is 0. The van der Waals surface area contributed by atoms with E-state index in [1.807, 2.05) is 0 Å². The van der Waals surface area contributed by atoms with Crippen molar-refractivity contribution >= 4 is 10.8 Å².